The molecule has 2 aliphatic rings. The normalized spacial score (nSPS) is 19.3. The Labute approximate surface area is 202 Å². The molecule has 0 radical (unpaired) electrons. The van der Waals surface area contributed by atoms with E-state index in [1.807, 2.05) is 41.1 Å². The van der Waals surface area contributed by atoms with Gasteiger partial charge in [-0.3, -0.25) is 9.79 Å². The summed E-state index contributed by atoms with van der Waals surface area (Å²) >= 11 is 2.01. The quantitative estimate of drug-likeness (QED) is 0.348. The molecule has 0 saturated carbocycles. The molecule has 1 aromatic heterocycles. The first-order valence-electron chi connectivity index (χ1n) is 10.6. The van der Waals surface area contributed by atoms with Crippen LogP contribution in [-0.4, -0.2) is 89.5 Å². The van der Waals surface area contributed by atoms with Gasteiger partial charge in [-0.1, -0.05) is 6.07 Å². The second-order valence-corrected chi connectivity index (χ2v) is 9.87. The molecule has 2 saturated heterocycles. The van der Waals surface area contributed by atoms with Gasteiger partial charge in [-0.15, -0.1) is 24.0 Å². The number of nitrogens with one attached hydrogen (secondary N) is 1. The molecule has 0 atom stereocenters. The molecule has 2 aliphatic heterocycles. The van der Waals surface area contributed by atoms with Gasteiger partial charge >= 0.3 is 0 Å². The van der Waals surface area contributed by atoms with Crippen LogP contribution in [0, 0.1) is 0 Å². The van der Waals surface area contributed by atoms with Crippen molar-refractivity contribution in [3.05, 3.63) is 24.4 Å². The molecule has 0 aromatic carbocycles. The minimum atomic E-state index is 0. The molecule has 2 fully saturated rings. The summed E-state index contributed by atoms with van der Waals surface area (Å²) < 4.78 is 0.234. The molecule has 0 spiro atoms. The molecule has 1 aromatic rings. The van der Waals surface area contributed by atoms with Crippen LogP contribution in [0.15, 0.2) is 29.4 Å². The highest BCUT2D eigenvalue weighted by Gasteiger charge is 2.28. The second kappa shape index (κ2) is 12.0. The molecule has 0 aliphatic carbocycles. The predicted molar refractivity (Wildman–Crippen MR) is 137 cm³/mol. The van der Waals surface area contributed by atoms with E-state index < -0.39 is 0 Å². The fourth-order valence-electron chi connectivity index (χ4n) is 3.76. The Morgan fingerprint density at radius 1 is 1.20 bits per heavy atom. The van der Waals surface area contributed by atoms with Crippen LogP contribution < -0.4 is 10.2 Å². The lowest BCUT2D eigenvalue weighted by Crippen LogP contribution is -2.51. The summed E-state index contributed by atoms with van der Waals surface area (Å²) in [6, 6.07) is 5.95. The van der Waals surface area contributed by atoms with Crippen molar-refractivity contribution in [1.29, 1.82) is 0 Å². The van der Waals surface area contributed by atoms with E-state index in [0.29, 0.717) is 13.0 Å². The number of piperazine rings is 1. The van der Waals surface area contributed by atoms with Gasteiger partial charge in [0.15, 0.2) is 5.96 Å². The number of hydrogen-bond acceptors (Lipinski definition) is 5. The Hall–Kier alpha value is -1.23. The molecule has 1 amide bonds. The zero-order valence-electron chi connectivity index (χ0n) is 18.3. The van der Waals surface area contributed by atoms with Crippen molar-refractivity contribution in [1.82, 2.24) is 20.1 Å². The highest BCUT2D eigenvalue weighted by Crippen LogP contribution is 2.29. The van der Waals surface area contributed by atoms with Crippen LogP contribution in [0.2, 0.25) is 0 Å². The van der Waals surface area contributed by atoms with E-state index in [1.54, 1.807) is 0 Å². The van der Waals surface area contributed by atoms with Crippen molar-refractivity contribution in [3.8, 4) is 0 Å². The fourth-order valence-corrected chi connectivity index (χ4v) is 4.88. The van der Waals surface area contributed by atoms with Gasteiger partial charge in [0.1, 0.15) is 5.82 Å². The van der Waals surface area contributed by atoms with Gasteiger partial charge < -0.3 is 20.0 Å². The largest absolute Gasteiger partial charge is 0.357 e. The summed E-state index contributed by atoms with van der Waals surface area (Å²) in [4.78, 5) is 28.3. The van der Waals surface area contributed by atoms with Crippen molar-refractivity contribution >= 4 is 53.4 Å². The maximum absolute atomic E-state index is 12.6. The number of aromatic nitrogens is 1. The van der Waals surface area contributed by atoms with Crippen LogP contribution in [0.3, 0.4) is 0 Å². The van der Waals surface area contributed by atoms with E-state index in [2.05, 4.69) is 40.9 Å². The number of aliphatic imine (C=N–C) groups is 1. The third kappa shape index (κ3) is 7.18. The van der Waals surface area contributed by atoms with Crippen molar-refractivity contribution in [2.45, 2.75) is 31.9 Å². The smallest absolute Gasteiger partial charge is 0.224 e. The van der Waals surface area contributed by atoms with E-state index in [1.165, 1.54) is 0 Å². The number of pyridine rings is 1. The zero-order chi connectivity index (χ0) is 20.7. The van der Waals surface area contributed by atoms with Gasteiger partial charge in [0.05, 0.1) is 6.54 Å². The first-order valence-corrected chi connectivity index (χ1v) is 11.6. The molecular weight excluding hydrogens is 511 g/mol. The molecule has 3 rings (SSSR count). The Morgan fingerprint density at radius 3 is 2.60 bits per heavy atom. The maximum Gasteiger partial charge on any atom is 0.224 e. The lowest BCUT2D eigenvalue weighted by atomic mass is 10.2. The zero-order valence-corrected chi connectivity index (χ0v) is 21.5. The Bertz CT molecular complexity index is 694. The van der Waals surface area contributed by atoms with Crippen LogP contribution in [0.4, 0.5) is 5.82 Å². The Kier molecular flexibility index (Phi) is 9.99. The van der Waals surface area contributed by atoms with E-state index in [9.17, 15) is 4.79 Å². The summed E-state index contributed by atoms with van der Waals surface area (Å²) in [5.41, 5.74) is 0. The third-order valence-electron chi connectivity index (χ3n) is 5.25. The summed E-state index contributed by atoms with van der Waals surface area (Å²) in [5.74, 6) is 3.23. The van der Waals surface area contributed by atoms with E-state index in [4.69, 9.17) is 4.99 Å². The maximum atomic E-state index is 12.6. The molecular formula is C21H35IN6OS. The lowest BCUT2D eigenvalue weighted by Gasteiger charge is -2.39. The molecule has 9 heteroatoms. The molecule has 1 N–H and O–H groups in total. The summed E-state index contributed by atoms with van der Waals surface area (Å²) in [7, 11) is 0. The van der Waals surface area contributed by atoms with Crippen LogP contribution in [-0.2, 0) is 4.79 Å². The number of halogens is 1. The number of hydrogen-bond donors (Lipinski definition) is 1. The van der Waals surface area contributed by atoms with Gasteiger partial charge in [0, 0.05) is 68.9 Å². The monoisotopic (exact) mass is 546 g/mol. The number of nitrogens with zero attached hydrogens (tertiary/aromatic N) is 5. The fraction of sp³-hybridized carbons (Fsp3) is 0.667. The average Bonchev–Trinajstić information content (AvgIpc) is 2.73. The van der Waals surface area contributed by atoms with Crippen LogP contribution in [0.25, 0.3) is 0 Å². The van der Waals surface area contributed by atoms with Crippen molar-refractivity contribution < 1.29 is 4.79 Å². The van der Waals surface area contributed by atoms with E-state index in [0.717, 1.165) is 63.3 Å². The van der Waals surface area contributed by atoms with Crippen molar-refractivity contribution in [2.24, 2.45) is 4.99 Å². The highest BCUT2D eigenvalue weighted by molar-refractivity contribution is 14.0. The summed E-state index contributed by atoms with van der Waals surface area (Å²) in [6.45, 7) is 13.2. The standard InChI is InChI=1S/C21H34N6OS.HI/c1-4-22-20(27-15-16-29-21(2,3)17-27)24-10-8-19(28)26-13-11-25(12-14-26)18-7-5-6-9-23-18;/h5-7,9H,4,8,10-17H2,1-3H3,(H,22,24);1H. The minimum Gasteiger partial charge on any atom is -0.357 e. The number of carbonyl (C=O) groups is 1. The predicted octanol–water partition coefficient (Wildman–Crippen LogP) is 2.53. The van der Waals surface area contributed by atoms with Crippen LogP contribution in [0.5, 0.6) is 0 Å². The average molecular weight is 547 g/mol. The topological polar surface area (TPSA) is 64.1 Å². The lowest BCUT2D eigenvalue weighted by molar-refractivity contribution is -0.131. The molecule has 0 bridgehead atoms. The van der Waals surface area contributed by atoms with Crippen molar-refractivity contribution in [3.63, 3.8) is 0 Å². The second-order valence-electron chi connectivity index (χ2n) is 8.07. The van der Waals surface area contributed by atoms with E-state index >= 15 is 0 Å². The number of guanidine groups is 1. The number of thioether (sulfide) groups is 1. The molecule has 30 heavy (non-hydrogen) atoms. The molecule has 3 heterocycles. The van der Waals surface area contributed by atoms with Crippen LogP contribution >= 0.6 is 35.7 Å². The van der Waals surface area contributed by atoms with E-state index in [-0.39, 0.29) is 34.6 Å². The van der Waals surface area contributed by atoms with Crippen molar-refractivity contribution in [2.75, 3.05) is 63.0 Å². The molecule has 7 nitrogen and oxygen atoms in total. The van der Waals surface area contributed by atoms with Crippen LogP contribution in [0.1, 0.15) is 27.2 Å². The first kappa shape index (κ1) is 25.0. The Balaban J connectivity index is 0.00000320. The van der Waals surface area contributed by atoms with Gasteiger partial charge in [-0.25, -0.2) is 4.98 Å². The first-order chi connectivity index (χ1) is 14.0. The Morgan fingerprint density at radius 2 is 1.97 bits per heavy atom. The summed E-state index contributed by atoms with van der Waals surface area (Å²) in [5, 5.41) is 3.40. The van der Waals surface area contributed by atoms with Gasteiger partial charge in [-0.2, -0.15) is 11.8 Å². The van der Waals surface area contributed by atoms with Gasteiger partial charge in [0.25, 0.3) is 0 Å². The number of amides is 1. The summed E-state index contributed by atoms with van der Waals surface area (Å²) in [6.07, 6.45) is 2.28. The molecule has 168 valence electrons. The SMILES string of the molecule is CCNC(=NCCC(=O)N1CCN(c2ccccn2)CC1)N1CCSC(C)(C)C1.I. The highest BCUT2D eigenvalue weighted by atomic mass is 127. The molecule has 0 unspecified atom stereocenters. The number of carbonyl (C=O) groups excluding carboxylic acids is 1. The van der Waals surface area contributed by atoms with Gasteiger partial charge in [0.2, 0.25) is 5.91 Å². The number of anilines is 1. The third-order valence-corrected chi connectivity index (χ3v) is 6.55. The minimum absolute atomic E-state index is 0. The number of rotatable bonds is 5. The van der Waals surface area contributed by atoms with Gasteiger partial charge in [-0.05, 0) is 32.9 Å².